The summed E-state index contributed by atoms with van der Waals surface area (Å²) in [6, 6.07) is 15.5. The Bertz CT molecular complexity index is 719. The third-order valence-corrected chi connectivity index (χ3v) is 4.43. The number of benzene rings is 2. The predicted octanol–water partition coefficient (Wildman–Crippen LogP) is 3.83. The summed E-state index contributed by atoms with van der Waals surface area (Å²) in [6.45, 7) is 5.68. The Kier molecular flexibility index (Phi) is 6.34. The SMILES string of the molecule is CCc1cccc(CC)c1N(CC(=O)N(C)c1ccccc1)C(C)=O. The molecule has 0 N–H and O–H groups in total. The highest BCUT2D eigenvalue weighted by Gasteiger charge is 2.23. The molecule has 0 heterocycles. The number of amides is 2. The monoisotopic (exact) mass is 338 g/mol. The second kappa shape index (κ2) is 8.47. The number of hydrogen-bond donors (Lipinski definition) is 0. The van der Waals surface area contributed by atoms with Crippen LogP contribution in [-0.4, -0.2) is 25.4 Å². The lowest BCUT2D eigenvalue weighted by Crippen LogP contribution is -2.41. The summed E-state index contributed by atoms with van der Waals surface area (Å²) >= 11 is 0. The van der Waals surface area contributed by atoms with Crippen molar-refractivity contribution in [3.8, 4) is 0 Å². The van der Waals surface area contributed by atoms with Crippen LogP contribution < -0.4 is 9.80 Å². The lowest BCUT2D eigenvalue weighted by Gasteiger charge is -2.28. The zero-order chi connectivity index (χ0) is 18.4. The third-order valence-electron chi connectivity index (χ3n) is 4.43. The first-order chi connectivity index (χ1) is 12.0. The lowest BCUT2D eigenvalue weighted by molar-refractivity contribution is -0.121. The summed E-state index contributed by atoms with van der Waals surface area (Å²) in [7, 11) is 1.74. The Morgan fingerprint density at radius 3 is 1.92 bits per heavy atom. The standard InChI is InChI=1S/C21H26N2O2/c1-5-17-11-10-12-18(6-2)21(17)23(16(3)24)15-20(25)22(4)19-13-8-7-9-14-19/h7-14H,5-6,15H2,1-4H3. The maximum absolute atomic E-state index is 12.8. The van der Waals surface area contributed by atoms with Crippen molar-refractivity contribution in [2.75, 3.05) is 23.4 Å². The molecule has 0 saturated heterocycles. The van der Waals surface area contributed by atoms with Crippen molar-refractivity contribution >= 4 is 23.2 Å². The quantitative estimate of drug-likeness (QED) is 0.803. The predicted molar refractivity (Wildman–Crippen MR) is 103 cm³/mol. The number of nitrogens with zero attached hydrogens (tertiary/aromatic N) is 2. The molecular weight excluding hydrogens is 312 g/mol. The van der Waals surface area contributed by atoms with Crippen LogP contribution in [0, 0.1) is 0 Å². The van der Waals surface area contributed by atoms with Crippen LogP contribution >= 0.6 is 0 Å². The second-order valence-electron chi connectivity index (χ2n) is 6.03. The molecule has 0 spiro atoms. The van der Waals surface area contributed by atoms with Crippen molar-refractivity contribution in [3.63, 3.8) is 0 Å². The van der Waals surface area contributed by atoms with Gasteiger partial charge in [-0.3, -0.25) is 9.59 Å². The molecule has 0 saturated carbocycles. The van der Waals surface area contributed by atoms with E-state index in [1.165, 1.54) is 6.92 Å². The Hall–Kier alpha value is -2.62. The van der Waals surface area contributed by atoms with Crippen LogP contribution in [0.15, 0.2) is 48.5 Å². The van der Waals surface area contributed by atoms with Crippen molar-refractivity contribution in [2.24, 2.45) is 0 Å². The molecule has 0 fully saturated rings. The molecule has 0 bridgehead atoms. The van der Waals surface area contributed by atoms with E-state index in [4.69, 9.17) is 0 Å². The van der Waals surface area contributed by atoms with Crippen molar-refractivity contribution < 1.29 is 9.59 Å². The zero-order valence-corrected chi connectivity index (χ0v) is 15.5. The van der Waals surface area contributed by atoms with Gasteiger partial charge >= 0.3 is 0 Å². The van der Waals surface area contributed by atoms with Gasteiger partial charge in [-0.05, 0) is 36.1 Å². The van der Waals surface area contributed by atoms with Crippen molar-refractivity contribution in [2.45, 2.75) is 33.6 Å². The number of likely N-dealkylation sites (N-methyl/N-ethyl adjacent to an activating group) is 1. The minimum Gasteiger partial charge on any atom is -0.314 e. The van der Waals surface area contributed by atoms with Crippen molar-refractivity contribution in [1.29, 1.82) is 0 Å². The molecule has 4 nitrogen and oxygen atoms in total. The number of hydrogen-bond acceptors (Lipinski definition) is 2. The van der Waals surface area contributed by atoms with E-state index in [1.54, 1.807) is 16.8 Å². The molecular formula is C21H26N2O2. The topological polar surface area (TPSA) is 40.6 Å². The molecule has 0 radical (unpaired) electrons. The summed E-state index contributed by atoms with van der Waals surface area (Å²) in [4.78, 5) is 28.3. The van der Waals surface area contributed by atoms with E-state index < -0.39 is 0 Å². The van der Waals surface area contributed by atoms with Crippen LogP contribution in [0.2, 0.25) is 0 Å². The van der Waals surface area contributed by atoms with Gasteiger partial charge in [0.2, 0.25) is 11.8 Å². The fraction of sp³-hybridized carbons (Fsp3) is 0.333. The average Bonchev–Trinajstić information content (AvgIpc) is 2.65. The summed E-state index contributed by atoms with van der Waals surface area (Å²) in [5.74, 6) is -0.236. The van der Waals surface area contributed by atoms with Gasteiger partial charge in [0.25, 0.3) is 0 Å². The number of para-hydroxylation sites is 2. The first-order valence-electron chi connectivity index (χ1n) is 8.70. The van der Waals surface area contributed by atoms with Gasteiger partial charge < -0.3 is 9.80 Å². The van der Waals surface area contributed by atoms with E-state index in [-0.39, 0.29) is 18.4 Å². The van der Waals surface area contributed by atoms with E-state index >= 15 is 0 Å². The maximum atomic E-state index is 12.8. The fourth-order valence-electron chi connectivity index (χ4n) is 2.95. The molecule has 0 atom stereocenters. The Morgan fingerprint density at radius 1 is 0.880 bits per heavy atom. The van der Waals surface area contributed by atoms with Crippen LogP contribution in [0.4, 0.5) is 11.4 Å². The smallest absolute Gasteiger partial charge is 0.246 e. The Labute approximate surface area is 150 Å². The van der Waals surface area contributed by atoms with Crippen molar-refractivity contribution in [3.05, 3.63) is 59.7 Å². The van der Waals surface area contributed by atoms with Gasteiger partial charge in [-0.15, -0.1) is 0 Å². The van der Waals surface area contributed by atoms with Crippen LogP contribution in [0.1, 0.15) is 31.9 Å². The normalized spacial score (nSPS) is 10.4. The van der Waals surface area contributed by atoms with Crippen molar-refractivity contribution in [1.82, 2.24) is 0 Å². The lowest BCUT2D eigenvalue weighted by atomic mass is 10.0. The Balaban J connectivity index is 2.34. The second-order valence-corrected chi connectivity index (χ2v) is 6.03. The van der Waals surface area contributed by atoms with Crippen LogP contribution in [-0.2, 0) is 22.4 Å². The molecule has 2 rings (SSSR count). The van der Waals surface area contributed by atoms with E-state index in [2.05, 4.69) is 13.8 Å². The van der Waals surface area contributed by atoms with Gasteiger partial charge in [0.1, 0.15) is 6.54 Å². The third kappa shape index (κ3) is 4.27. The highest BCUT2D eigenvalue weighted by molar-refractivity contribution is 6.03. The van der Waals surface area contributed by atoms with Gasteiger partial charge in [-0.25, -0.2) is 0 Å². The van der Waals surface area contributed by atoms with Gasteiger partial charge in [0.15, 0.2) is 0 Å². The molecule has 0 aliphatic carbocycles. The van der Waals surface area contributed by atoms with E-state index in [9.17, 15) is 9.59 Å². The van der Waals surface area contributed by atoms with Gasteiger partial charge in [-0.1, -0.05) is 50.2 Å². The molecule has 132 valence electrons. The fourth-order valence-corrected chi connectivity index (χ4v) is 2.95. The molecule has 25 heavy (non-hydrogen) atoms. The zero-order valence-electron chi connectivity index (χ0n) is 15.5. The maximum Gasteiger partial charge on any atom is 0.246 e. The van der Waals surface area contributed by atoms with Crippen LogP contribution in [0.25, 0.3) is 0 Å². The molecule has 2 aromatic rings. The molecule has 0 aliphatic heterocycles. The van der Waals surface area contributed by atoms with E-state index in [0.29, 0.717) is 0 Å². The van der Waals surface area contributed by atoms with Gasteiger partial charge in [0, 0.05) is 19.7 Å². The molecule has 0 unspecified atom stereocenters. The first kappa shape index (κ1) is 18.7. The highest BCUT2D eigenvalue weighted by atomic mass is 16.2. The Morgan fingerprint density at radius 2 is 1.44 bits per heavy atom. The number of carbonyl (C=O) groups is 2. The van der Waals surface area contributed by atoms with Crippen LogP contribution in [0.5, 0.6) is 0 Å². The van der Waals surface area contributed by atoms with E-state index in [1.807, 2.05) is 48.5 Å². The summed E-state index contributed by atoms with van der Waals surface area (Å²) in [5.41, 5.74) is 3.87. The van der Waals surface area contributed by atoms with Gasteiger partial charge in [0.05, 0.1) is 5.69 Å². The molecule has 2 amide bonds. The molecule has 4 heteroatoms. The summed E-state index contributed by atoms with van der Waals surface area (Å²) in [5, 5.41) is 0. The highest BCUT2D eigenvalue weighted by Crippen LogP contribution is 2.27. The largest absolute Gasteiger partial charge is 0.314 e. The first-order valence-corrected chi connectivity index (χ1v) is 8.70. The van der Waals surface area contributed by atoms with Gasteiger partial charge in [-0.2, -0.15) is 0 Å². The number of carbonyl (C=O) groups excluding carboxylic acids is 2. The number of rotatable bonds is 6. The average molecular weight is 338 g/mol. The minimum atomic E-state index is -0.120. The summed E-state index contributed by atoms with van der Waals surface area (Å²) < 4.78 is 0. The molecule has 2 aromatic carbocycles. The van der Waals surface area contributed by atoms with Crippen LogP contribution in [0.3, 0.4) is 0 Å². The summed E-state index contributed by atoms with van der Waals surface area (Å²) in [6.07, 6.45) is 1.63. The molecule has 0 aromatic heterocycles. The molecule has 0 aliphatic rings. The number of anilines is 2. The number of aryl methyl sites for hydroxylation is 2. The van der Waals surface area contributed by atoms with E-state index in [0.717, 1.165) is 35.3 Å². The minimum absolute atomic E-state index is 0.0325.